The monoisotopic (exact) mass is 303 g/mol. The molecule has 2 rings (SSSR count). The Labute approximate surface area is 95.2 Å². The van der Waals surface area contributed by atoms with Gasteiger partial charge in [0.05, 0.1) is 0 Å². The van der Waals surface area contributed by atoms with E-state index < -0.39 is 0 Å². The molecule has 1 aliphatic heterocycles. The van der Waals surface area contributed by atoms with Crippen molar-refractivity contribution < 1.29 is 0 Å². The molecule has 70 valence electrons. The molecule has 0 amide bonds. The Morgan fingerprint density at radius 2 is 1.92 bits per heavy atom. The van der Waals surface area contributed by atoms with Crippen LogP contribution in [0.1, 0.15) is 17.9 Å². The maximum Gasteiger partial charge on any atom is 0.0221 e. The summed E-state index contributed by atoms with van der Waals surface area (Å²) in [4.78, 5) is 0. The van der Waals surface area contributed by atoms with Crippen molar-refractivity contribution in [1.82, 2.24) is 5.32 Å². The molecule has 1 atom stereocenters. The van der Waals surface area contributed by atoms with Crippen LogP contribution in [-0.4, -0.2) is 13.1 Å². The van der Waals surface area contributed by atoms with E-state index in [1.165, 1.54) is 20.9 Å². The third kappa shape index (κ3) is 1.97. The van der Waals surface area contributed by atoms with Gasteiger partial charge >= 0.3 is 0 Å². The predicted molar refractivity (Wildman–Crippen MR) is 62.1 cm³/mol. The summed E-state index contributed by atoms with van der Waals surface area (Å²) >= 11 is 7.20. The van der Waals surface area contributed by atoms with Crippen LogP contribution >= 0.6 is 31.9 Å². The van der Waals surface area contributed by atoms with E-state index in [4.69, 9.17) is 0 Å². The van der Waals surface area contributed by atoms with Crippen LogP contribution in [0.25, 0.3) is 0 Å². The summed E-state index contributed by atoms with van der Waals surface area (Å²) < 4.78 is 2.44. The molecule has 13 heavy (non-hydrogen) atoms. The second-order valence-corrected chi connectivity index (χ2v) is 5.03. The van der Waals surface area contributed by atoms with E-state index in [9.17, 15) is 0 Å². The lowest BCUT2D eigenvalue weighted by Gasteiger charge is -2.13. The molecule has 1 aliphatic rings. The highest BCUT2D eigenvalue weighted by atomic mass is 79.9. The van der Waals surface area contributed by atoms with E-state index in [0.29, 0.717) is 5.92 Å². The van der Waals surface area contributed by atoms with E-state index in [0.717, 1.165) is 13.1 Å². The molecular formula is C10H11Br2N. The molecule has 0 bridgehead atoms. The standard InChI is InChI=1S/C10H11Br2N/c11-8-2-1-3-9(12)10(8)7-4-5-13-6-7/h1-3,7,13H,4-6H2/t7-/m1/s1. The summed E-state index contributed by atoms with van der Waals surface area (Å²) in [5, 5.41) is 3.38. The van der Waals surface area contributed by atoms with Crippen LogP contribution in [0.4, 0.5) is 0 Å². The van der Waals surface area contributed by atoms with Crippen molar-refractivity contribution in [2.45, 2.75) is 12.3 Å². The average molecular weight is 305 g/mol. The van der Waals surface area contributed by atoms with Gasteiger partial charge in [-0.2, -0.15) is 0 Å². The summed E-state index contributed by atoms with van der Waals surface area (Å²) in [5.41, 5.74) is 1.41. The first kappa shape index (κ1) is 9.69. The second-order valence-electron chi connectivity index (χ2n) is 3.33. The van der Waals surface area contributed by atoms with Crippen molar-refractivity contribution in [3.05, 3.63) is 32.7 Å². The summed E-state index contributed by atoms with van der Waals surface area (Å²) in [6, 6.07) is 6.27. The average Bonchev–Trinajstić information content (AvgIpc) is 2.57. The van der Waals surface area contributed by atoms with Gasteiger partial charge in [0, 0.05) is 15.5 Å². The molecule has 1 aromatic carbocycles. The van der Waals surface area contributed by atoms with Crippen LogP contribution in [0, 0.1) is 0 Å². The Morgan fingerprint density at radius 1 is 1.23 bits per heavy atom. The minimum Gasteiger partial charge on any atom is -0.316 e. The zero-order valence-electron chi connectivity index (χ0n) is 7.19. The fourth-order valence-electron chi connectivity index (χ4n) is 1.80. The van der Waals surface area contributed by atoms with Crippen LogP contribution in [0.3, 0.4) is 0 Å². The van der Waals surface area contributed by atoms with Gasteiger partial charge in [0.1, 0.15) is 0 Å². The maximum atomic E-state index is 3.60. The summed E-state index contributed by atoms with van der Waals surface area (Å²) in [6.07, 6.45) is 1.24. The number of halogens is 2. The smallest absolute Gasteiger partial charge is 0.0221 e. The number of hydrogen-bond donors (Lipinski definition) is 1. The van der Waals surface area contributed by atoms with Crippen LogP contribution < -0.4 is 5.32 Å². The van der Waals surface area contributed by atoms with Gasteiger partial charge < -0.3 is 5.32 Å². The Morgan fingerprint density at radius 3 is 2.46 bits per heavy atom. The van der Waals surface area contributed by atoms with E-state index in [2.05, 4.69) is 55.4 Å². The zero-order valence-corrected chi connectivity index (χ0v) is 10.4. The highest BCUT2D eigenvalue weighted by molar-refractivity contribution is 9.11. The molecule has 1 fully saturated rings. The largest absolute Gasteiger partial charge is 0.316 e. The maximum absolute atomic E-state index is 3.60. The van der Waals surface area contributed by atoms with Crippen LogP contribution in [0.2, 0.25) is 0 Å². The van der Waals surface area contributed by atoms with Crippen molar-refractivity contribution in [2.75, 3.05) is 13.1 Å². The molecule has 0 unspecified atom stereocenters. The van der Waals surface area contributed by atoms with Crippen molar-refractivity contribution in [2.24, 2.45) is 0 Å². The molecule has 0 radical (unpaired) electrons. The second kappa shape index (κ2) is 4.11. The first-order valence-electron chi connectivity index (χ1n) is 4.43. The molecule has 1 saturated heterocycles. The molecule has 0 saturated carbocycles. The van der Waals surface area contributed by atoms with Gasteiger partial charge in [-0.15, -0.1) is 0 Å². The van der Waals surface area contributed by atoms with Gasteiger partial charge in [-0.05, 0) is 36.6 Å². The zero-order chi connectivity index (χ0) is 9.26. The third-order valence-corrected chi connectivity index (χ3v) is 3.85. The van der Waals surface area contributed by atoms with E-state index >= 15 is 0 Å². The first-order chi connectivity index (χ1) is 6.29. The lowest BCUT2D eigenvalue weighted by atomic mass is 9.99. The van der Waals surface area contributed by atoms with Crippen molar-refractivity contribution in [3.63, 3.8) is 0 Å². The third-order valence-electron chi connectivity index (χ3n) is 2.47. The Hall–Kier alpha value is 0.140. The summed E-state index contributed by atoms with van der Waals surface area (Å²) in [7, 11) is 0. The van der Waals surface area contributed by atoms with E-state index in [1.54, 1.807) is 0 Å². The van der Waals surface area contributed by atoms with Gasteiger partial charge in [0.15, 0.2) is 0 Å². The highest BCUT2D eigenvalue weighted by Crippen LogP contribution is 2.34. The molecule has 0 spiro atoms. The molecule has 1 heterocycles. The minimum atomic E-state index is 0.657. The molecule has 0 aromatic heterocycles. The number of hydrogen-bond acceptors (Lipinski definition) is 1. The van der Waals surface area contributed by atoms with E-state index in [-0.39, 0.29) is 0 Å². The van der Waals surface area contributed by atoms with Gasteiger partial charge in [-0.1, -0.05) is 37.9 Å². The van der Waals surface area contributed by atoms with Crippen molar-refractivity contribution in [1.29, 1.82) is 0 Å². The molecule has 3 heteroatoms. The summed E-state index contributed by atoms with van der Waals surface area (Å²) in [5.74, 6) is 0.657. The number of benzene rings is 1. The predicted octanol–water partition coefficient (Wildman–Crippen LogP) is 3.29. The van der Waals surface area contributed by atoms with Gasteiger partial charge in [0.25, 0.3) is 0 Å². The Bertz CT molecular complexity index is 286. The first-order valence-corrected chi connectivity index (χ1v) is 6.02. The normalized spacial score (nSPS) is 22.2. The topological polar surface area (TPSA) is 12.0 Å². The SMILES string of the molecule is Brc1cccc(Br)c1[C@@H]1CCNC1. The number of rotatable bonds is 1. The van der Waals surface area contributed by atoms with Crippen molar-refractivity contribution >= 4 is 31.9 Å². The lowest BCUT2D eigenvalue weighted by molar-refractivity contribution is 0.755. The quantitative estimate of drug-likeness (QED) is 0.839. The number of nitrogens with one attached hydrogen (secondary N) is 1. The lowest BCUT2D eigenvalue weighted by Crippen LogP contribution is -2.08. The van der Waals surface area contributed by atoms with Crippen LogP contribution in [0.15, 0.2) is 27.1 Å². The van der Waals surface area contributed by atoms with Gasteiger partial charge in [-0.25, -0.2) is 0 Å². The fourth-order valence-corrected chi connectivity index (χ4v) is 3.45. The molecule has 1 nitrogen and oxygen atoms in total. The fraction of sp³-hybridized carbons (Fsp3) is 0.400. The molecular weight excluding hydrogens is 294 g/mol. The van der Waals surface area contributed by atoms with Crippen LogP contribution in [0.5, 0.6) is 0 Å². The molecule has 0 aliphatic carbocycles. The van der Waals surface area contributed by atoms with Gasteiger partial charge in [-0.3, -0.25) is 0 Å². The Balaban J connectivity index is 2.37. The highest BCUT2D eigenvalue weighted by Gasteiger charge is 2.20. The molecule has 1 aromatic rings. The summed E-state index contributed by atoms with van der Waals surface area (Å²) in [6.45, 7) is 2.24. The minimum absolute atomic E-state index is 0.657. The van der Waals surface area contributed by atoms with Crippen molar-refractivity contribution in [3.8, 4) is 0 Å². The van der Waals surface area contributed by atoms with Crippen LogP contribution in [-0.2, 0) is 0 Å². The Kier molecular flexibility index (Phi) is 3.06. The molecule has 1 N–H and O–H groups in total. The van der Waals surface area contributed by atoms with E-state index in [1.807, 2.05) is 0 Å². The van der Waals surface area contributed by atoms with Gasteiger partial charge in [0.2, 0.25) is 0 Å².